The molecule has 1 atom stereocenters. The summed E-state index contributed by atoms with van der Waals surface area (Å²) in [5.41, 5.74) is 13.6. The number of benzene rings is 3. The summed E-state index contributed by atoms with van der Waals surface area (Å²) in [4.78, 5) is 30.7. The smallest absolute Gasteiger partial charge is 0.271 e. The van der Waals surface area contributed by atoms with Crippen molar-refractivity contribution in [3.8, 4) is 5.75 Å². The first-order valence-corrected chi connectivity index (χ1v) is 15.9. The highest BCUT2D eigenvalue weighted by Crippen LogP contribution is 2.39. The largest absolute Gasteiger partial charge is 0.492 e. The number of nitrogens with one attached hydrogen (secondary N) is 2. The van der Waals surface area contributed by atoms with Crippen LogP contribution in [0.5, 0.6) is 5.75 Å². The lowest BCUT2D eigenvalue weighted by Crippen LogP contribution is -2.40. The second-order valence-electron chi connectivity index (χ2n) is 12.3. The molecule has 0 unspecified atom stereocenters. The Morgan fingerprint density at radius 2 is 1.67 bits per heavy atom. The maximum Gasteiger partial charge on any atom is 0.271 e. The molecule has 3 aromatic rings. The average molecular weight is 650 g/mol. The van der Waals surface area contributed by atoms with Crippen molar-refractivity contribution in [2.75, 3.05) is 56.9 Å². The topological polar surface area (TPSA) is 138 Å². The van der Waals surface area contributed by atoms with Gasteiger partial charge in [0, 0.05) is 43.7 Å². The molecule has 0 aromatic heterocycles. The molecule has 46 heavy (non-hydrogen) atoms. The van der Waals surface area contributed by atoms with Crippen LogP contribution in [0.3, 0.4) is 0 Å². The van der Waals surface area contributed by atoms with Crippen LogP contribution < -0.4 is 32.1 Å². The van der Waals surface area contributed by atoms with Crippen LogP contribution in [-0.4, -0.2) is 62.7 Å². The fraction of sp³-hybridized carbons (Fsp3) is 0.353. The Bertz CT molecular complexity index is 1540. The molecule has 3 rings (SSSR count). The van der Waals surface area contributed by atoms with Gasteiger partial charge < -0.3 is 25.6 Å². The third kappa shape index (κ3) is 9.16. The lowest BCUT2D eigenvalue weighted by molar-refractivity contribution is -0.128. The van der Waals surface area contributed by atoms with E-state index in [-0.39, 0.29) is 29.0 Å². The number of carbonyl (C=O) groups excluding carboxylic acids is 2. The molecular formula is C34H47N7O4S. The number of rotatable bonds is 13. The first-order chi connectivity index (χ1) is 21.7. The van der Waals surface area contributed by atoms with Gasteiger partial charge in [-0.1, -0.05) is 57.2 Å². The van der Waals surface area contributed by atoms with Gasteiger partial charge in [-0.25, -0.2) is 10.1 Å². The van der Waals surface area contributed by atoms with E-state index in [9.17, 15) is 9.59 Å². The molecule has 0 aliphatic carbocycles. The zero-order valence-electron chi connectivity index (χ0n) is 28.2. The number of amides is 2. The molecule has 0 bridgehead atoms. The standard InChI is InChI=1S/C34H47N7O4S/c1-22-15-16-24(32(42)37-27-18-25(34(2,3)4)19-28(31(27)44-8)38-45-46-9)17-29(22)41(36)20-26(35)33(43)40(7)30(21-39(5)6)23-13-11-10-12-14-23/h10-20,30,38H,21,35-36H2,1-9H3,(H,37,42)/b26-20-/t30-/m1/s1. The van der Waals surface area contributed by atoms with Crippen molar-refractivity contribution in [3.63, 3.8) is 0 Å². The first-order valence-electron chi connectivity index (χ1n) is 14.8. The van der Waals surface area contributed by atoms with Gasteiger partial charge in [-0.3, -0.25) is 20.1 Å². The summed E-state index contributed by atoms with van der Waals surface area (Å²) in [7, 11) is 7.15. The summed E-state index contributed by atoms with van der Waals surface area (Å²) in [6.45, 7) is 8.69. The maximum absolute atomic E-state index is 13.6. The van der Waals surface area contributed by atoms with Crippen LogP contribution in [0.4, 0.5) is 17.1 Å². The number of carbonyl (C=O) groups is 2. The minimum absolute atomic E-state index is 0.0461. The van der Waals surface area contributed by atoms with Crippen molar-refractivity contribution in [2.45, 2.75) is 39.2 Å². The summed E-state index contributed by atoms with van der Waals surface area (Å²) in [5.74, 6) is 6.09. The number of hydrogen-bond donors (Lipinski definition) is 4. The number of likely N-dealkylation sites (N-methyl/N-ethyl adjacent to an activating group) is 2. The van der Waals surface area contributed by atoms with E-state index < -0.39 is 0 Å². The highest BCUT2D eigenvalue weighted by molar-refractivity contribution is 7.93. The van der Waals surface area contributed by atoms with Crippen molar-refractivity contribution in [1.82, 2.24) is 9.80 Å². The molecule has 12 heteroatoms. The average Bonchev–Trinajstić information content (AvgIpc) is 3.01. The molecule has 0 saturated heterocycles. The highest BCUT2D eigenvalue weighted by Gasteiger charge is 2.25. The molecule has 0 radical (unpaired) electrons. The van der Waals surface area contributed by atoms with E-state index in [0.29, 0.717) is 34.9 Å². The second kappa shape index (κ2) is 15.9. The molecule has 0 spiro atoms. The minimum atomic E-state index is -0.377. The van der Waals surface area contributed by atoms with Gasteiger partial charge in [0.15, 0.2) is 5.75 Å². The van der Waals surface area contributed by atoms with Crippen molar-refractivity contribution in [1.29, 1.82) is 0 Å². The predicted octanol–water partition coefficient (Wildman–Crippen LogP) is 5.42. The maximum atomic E-state index is 13.6. The van der Waals surface area contributed by atoms with Gasteiger partial charge in [-0.2, -0.15) is 0 Å². The molecule has 3 aromatic carbocycles. The zero-order chi connectivity index (χ0) is 34.2. The Hall–Kier alpha value is -4.23. The molecular weight excluding hydrogens is 602 g/mol. The van der Waals surface area contributed by atoms with E-state index in [1.54, 1.807) is 36.4 Å². The first kappa shape index (κ1) is 36.2. The van der Waals surface area contributed by atoms with E-state index in [4.69, 9.17) is 20.6 Å². The van der Waals surface area contributed by atoms with E-state index in [0.717, 1.165) is 28.7 Å². The van der Waals surface area contributed by atoms with Crippen LogP contribution in [0.2, 0.25) is 0 Å². The third-order valence-electron chi connectivity index (χ3n) is 7.43. The van der Waals surface area contributed by atoms with E-state index in [2.05, 4.69) is 31.6 Å². The Morgan fingerprint density at radius 3 is 2.26 bits per heavy atom. The molecule has 11 nitrogen and oxygen atoms in total. The second-order valence-corrected chi connectivity index (χ2v) is 12.8. The summed E-state index contributed by atoms with van der Waals surface area (Å²) in [6, 6.07) is 18.5. The van der Waals surface area contributed by atoms with Crippen molar-refractivity contribution in [2.24, 2.45) is 11.6 Å². The molecule has 248 valence electrons. The molecule has 0 heterocycles. The Morgan fingerprint density at radius 1 is 1.02 bits per heavy atom. The molecule has 0 fully saturated rings. The Balaban J connectivity index is 1.90. The molecule has 2 amide bonds. The minimum Gasteiger partial charge on any atom is -0.492 e. The summed E-state index contributed by atoms with van der Waals surface area (Å²) >= 11 is 1.15. The van der Waals surface area contributed by atoms with Crippen LogP contribution in [0.25, 0.3) is 0 Å². The number of anilines is 3. The molecule has 6 N–H and O–H groups in total. The van der Waals surface area contributed by atoms with Crippen LogP contribution in [0.15, 0.2) is 72.6 Å². The summed E-state index contributed by atoms with van der Waals surface area (Å²) < 4.78 is 11.0. The van der Waals surface area contributed by atoms with Crippen molar-refractivity contribution in [3.05, 3.63) is 94.8 Å². The molecule has 0 saturated carbocycles. The molecule has 0 aliphatic heterocycles. The van der Waals surface area contributed by atoms with Crippen LogP contribution >= 0.6 is 12.0 Å². The van der Waals surface area contributed by atoms with Crippen LogP contribution in [0, 0.1) is 6.92 Å². The summed E-state index contributed by atoms with van der Waals surface area (Å²) in [5, 5.41) is 4.24. The van der Waals surface area contributed by atoms with Crippen molar-refractivity contribution < 1.29 is 18.6 Å². The fourth-order valence-corrected chi connectivity index (χ4v) is 5.03. The number of hydrogen-bond acceptors (Lipinski definition) is 10. The van der Waals surface area contributed by atoms with Gasteiger partial charge >= 0.3 is 0 Å². The fourth-order valence-electron chi connectivity index (χ4n) is 4.85. The van der Waals surface area contributed by atoms with Gasteiger partial charge in [0.25, 0.3) is 11.8 Å². The molecule has 0 aliphatic rings. The number of hydrazine groups is 1. The Kier molecular flexibility index (Phi) is 12.5. The Labute approximate surface area is 277 Å². The number of nitrogens with zero attached hydrogens (tertiary/aromatic N) is 3. The van der Waals surface area contributed by atoms with Crippen LogP contribution in [0.1, 0.15) is 53.9 Å². The predicted molar refractivity (Wildman–Crippen MR) is 188 cm³/mol. The lowest BCUT2D eigenvalue weighted by Gasteiger charge is -2.31. The third-order valence-corrected chi connectivity index (χ3v) is 7.68. The summed E-state index contributed by atoms with van der Waals surface area (Å²) in [6.07, 6.45) is 3.16. The highest BCUT2D eigenvalue weighted by atomic mass is 32.2. The monoisotopic (exact) mass is 649 g/mol. The number of ether oxygens (including phenoxy) is 1. The normalized spacial score (nSPS) is 12.5. The van der Waals surface area contributed by atoms with E-state index in [1.165, 1.54) is 18.3 Å². The van der Waals surface area contributed by atoms with Gasteiger partial charge in [0.1, 0.15) is 11.4 Å². The SMILES string of the molecule is COc1c(NOSC)cc(C(C)(C)C)cc1NC(=O)c1ccc(C)c(N(N)/C=C(\N)C(=O)N(C)[C@H](CN(C)C)c2ccccc2)c1. The van der Waals surface area contributed by atoms with Crippen molar-refractivity contribution >= 4 is 40.9 Å². The number of nitrogens with two attached hydrogens (primary N) is 2. The zero-order valence-corrected chi connectivity index (χ0v) is 29.0. The number of aryl methyl sites for hydroxylation is 1. The van der Waals surface area contributed by atoms with E-state index >= 15 is 0 Å². The van der Waals surface area contributed by atoms with Crippen LogP contribution in [-0.2, 0) is 14.5 Å². The lowest BCUT2D eigenvalue weighted by atomic mass is 9.86. The van der Waals surface area contributed by atoms with Gasteiger partial charge in [-0.15, -0.1) is 0 Å². The number of methoxy groups -OCH3 is 1. The van der Waals surface area contributed by atoms with Gasteiger partial charge in [0.05, 0.1) is 24.5 Å². The van der Waals surface area contributed by atoms with E-state index in [1.807, 2.05) is 68.4 Å². The van der Waals surface area contributed by atoms with Gasteiger partial charge in [-0.05, 0) is 67.4 Å². The van der Waals surface area contributed by atoms with Gasteiger partial charge in [0.2, 0.25) is 0 Å². The quantitative estimate of drug-likeness (QED) is 0.0822.